The number of carbonyl (C=O) groups is 2. The lowest BCUT2D eigenvalue weighted by atomic mass is 9.90. The molecule has 1 atom stereocenters. The van der Waals surface area contributed by atoms with Gasteiger partial charge in [0.25, 0.3) is 0 Å². The Morgan fingerprint density at radius 2 is 2.09 bits per heavy atom. The van der Waals surface area contributed by atoms with E-state index in [1.807, 2.05) is 18.2 Å². The molecule has 1 fully saturated rings. The topological polar surface area (TPSA) is 76.1 Å². The maximum absolute atomic E-state index is 11.7. The number of hydrogen-bond acceptors (Lipinski definition) is 4. The maximum atomic E-state index is 11.7. The summed E-state index contributed by atoms with van der Waals surface area (Å²) < 4.78 is 10.4. The zero-order chi connectivity index (χ0) is 17.0. The molecular weight excluding hydrogens is 298 g/mol. The third kappa shape index (κ3) is 4.15. The second kappa shape index (κ2) is 6.89. The number of aliphatic carboxylic acids is 1. The Morgan fingerprint density at radius 3 is 2.74 bits per heavy atom. The minimum absolute atomic E-state index is 0.194. The lowest BCUT2D eigenvalue weighted by Crippen LogP contribution is -2.39. The van der Waals surface area contributed by atoms with E-state index in [0.717, 1.165) is 18.4 Å². The van der Waals surface area contributed by atoms with Gasteiger partial charge in [-0.3, -0.25) is 0 Å². The number of carbonyl (C=O) groups excluding carboxylic acids is 1. The van der Waals surface area contributed by atoms with Crippen molar-refractivity contribution in [2.24, 2.45) is 0 Å². The summed E-state index contributed by atoms with van der Waals surface area (Å²) in [6.07, 6.45) is 1.57. The Labute approximate surface area is 136 Å². The van der Waals surface area contributed by atoms with Gasteiger partial charge in [0.15, 0.2) is 5.60 Å². The van der Waals surface area contributed by atoms with E-state index < -0.39 is 11.6 Å². The highest BCUT2D eigenvalue weighted by molar-refractivity contribution is 5.76. The summed E-state index contributed by atoms with van der Waals surface area (Å²) in [6, 6.07) is 7.43. The largest absolute Gasteiger partial charge is 0.478 e. The van der Waals surface area contributed by atoms with Crippen molar-refractivity contribution >= 4 is 12.1 Å². The maximum Gasteiger partial charge on any atom is 0.409 e. The fourth-order valence-electron chi connectivity index (χ4n) is 2.71. The summed E-state index contributed by atoms with van der Waals surface area (Å²) in [7, 11) is 1.38. The fraction of sp³-hybridized carbons (Fsp3) is 0.529. The molecular formula is C17H23NO5. The Kier molecular flexibility index (Phi) is 5.13. The number of ether oxygens (including phenoxy) is 2. The molecule has 0 spiro atoms. The minimum atomic E-state index is -1.29. The minimum Gasteiger partial charge on any atom is -0.478 e. The van der Waals surface area contributed by atoms with Gasteiger partial charge in [0, 0.05) is 19.0 Å². The molecule has 0 saturated carbocycles. The third-order valence-corrected chi connectivity index (χ3v) is 4.07. The highest BCUT2D eigenvalue weighted by Crippen LogP contribution is 2.30. The predicted octanol–water partition coefficient (Wildman–Crippen LogP) is 2.87. The number of nitrogens with zero attached hydrogens (tertiary/aromatic N) is 1. The van der Waals surface area contributed by atoms with Crippen molar-refractivity contribution in [2.45, 2.75) is 38.2 Å². The number of benzene rings is 1. The number of carboxylic acids is 1. The van der Waals surface area contributed by atoms with E-state index in [0.29, 0.717) is 18.8 Å². The Hall–Kier alpha value is -2.24. The van der Waals surface area contributed by atoms with Gasteiger partial charge in [-0.1, -0.05) is 12.1 Å². The van der Waals surface area contributed by atoms with Gasteiger partial charge in [-0.05, 0) is 44.4 Å². The molecule has 126 valence electrons. The Bertz CT molecular complexity index is 584. The summed E-state index contributed by atoms with van der Waals surface area (Å²) in [5, 5.41) is 9.16. The van der Waals surface area contributed by atoms with Crippen LogP contribution in [0.25, 0.3) is 0 Å². The first-order valence-corrected chi connectivity index (χ1v) is 7.69. The second-order valence-electron chi connectivity index (χ2n) is 6.25. The summed E-state index contributed by atoms with van der Waals surface area (Å²) in [5.41, 5.74) is -0.249. The van der Waals surface area contributed by atoms with E-state index >= 15 is 0 Å². The first-order valence-electron chi connectivity index (χ1n) is 7.69. The highest BCUT2D eigenvalue weighted by atomic mass is 16.5. The molecule has 1 amide bonds. The molecule has 23 heavy (non-hydrogen) atoms. The average molecular weight is 321 g/mol. The molecule has 1 aromatic carbocycles. The van der Waals surface area contributed by atoms with Gasteiger partial charge >= 0.3 is 12.1 Å². The van der Waals surface area contributed by atoms with Crippen LogP contribution >= 0.6 is 0 Å². The number of amides is 1. The van der Waals surface area contributed by atoms with E-state index in [4.69, 9.17) is 14.6 Å². The van der Waals surface area contributed by atoms with Crippen LogP contribution in [-0.2, 0) is 9.53 Å². The van der Waals surface area contributed by atoms with Gasteiger partial charge in [0.1, 0.15) is 5.75 Å². The third-order valence-electron chi connectivity index (χ3n) is 4.07. The van der Waals surface area contributed by atoms with Crippen molar-refractivity contribution < 1.29 is 24.2 Å². The van der Waals surface area contributed by atoms with Gasteiger partial charge in [-0.15, -0.1) is 0 Å². The van der Waals surface area contributed by atoms with Crippen LogP contribution in [0, 0.1) is 0 Å². The van der Waals surface area contributed by atoms with Crippen LogP contribution in [0.4, 0.5) is 4.79 Å². The van der Waals surface area contributed by atoms with Crippen molar-refractivity contribution in [3.63, 3.8) is 0 Å². The molecule has 6 heteroatoms. The first kappa shape index (κ1) is 17.1. The molecule has 1 saturated heterocycles. The van der Waals surface area contributed by atoms with Crippen molar-refractivity contribution in [2.75, 3.05) is 20.2 Å². The van der Waals surface area contributed by atoms with Gasteiger partial charge in [0.05, 0.1) is 7.11 Å². The predicted molar refractivity (Wildman–Crippen MR) is 84.7 cm³/mol. The summed E-state index contributed by atoms with van der Waals surface area (Å²) >= 11 is 0. The number of likely N-dealkylation sites (tertiary alicyclic amines) is 1. The SMILES string of the molecule is COC(=O)N1CCC[C@@H](c2cccc(OC(C)(C)C(=O)O)c2)C1. The molecule has 1 aliphatic rings. The summed E-state index contributed by atoms with van der Waals surface area (Å²) in [5.74, 6) is -0.304. The molecule has 2 rings (SSSR count). The standard InChI is InChI=1S/C17H23NO5/c1-17(2,15(19)20)23-14-8-4-6-12(10-14)13-7-5-9-18(11-13)16(21)22-3/h4,6,8,10,13H,5,7,9,11H2,1-3H3,(H,19,20)/t13-/m1/s1. The Morgan fingerprint density at radius 1 is 1.35 bits per heavy atom. The Balaban J connectivity index is 2.13. The zero-order valence-electron chi connectivity index (χ0n) is 13.7. The highest BCUT2D eigenvalue weighted by Gasteiger charge is 2.30. The van der Waals surface area contributed by atoms with E-state index in [2.05, 4.69) is 0 Å². The van der Waals surface area contributed by atoms with Gasteiger partial charge in [0.2, 0.25) is 0 Å². The van der Waals surface area contributed by atoms with Crippen LogP contribution in [0.2, 0.25) is 0 Å². The quantitative estimate of drug-likeness (QED) is 0.923. The smallest absolute Gasteiger partial charge is 0.409 e. The van der Waals surface area contributed by atoms with Crippen LogP contribution in [0.1, 0.15) is 38.2 Å². The van der Waals surface area contributed by atoms with Gasteiger partial charge < -0.3 is 19.5 Å². The van der Waals surface area contributed by atoms with Crippen molar-refractivity contribution in [3.8, 4) is 5.75 Å². The summed E-state index contributed by atoms with van der Waals surface area (Å²) in [4.78, 5) is 24.6. The van der Waals surface area contributed by atoms with Crippen LogP contribution in [0.3, 0.4) is 0 Å². The number of hydrogen-bond donors (Lipinski definition) is 1. The first-order chi connectivity index (χ1) is 10.8. The molecule has 0 radical (unpaired) electrons. The van der Waals surface area contributed by atoms with Crippen molar-refractivity contribution in [1.29, 1.82) is 0 Å². The number of rotatable bonds is 4. The van der Waals surface area contributed by atoms with Crippen LogP contribution in [0.15, 0.2) is 24.3 Å². The molecule has 1 aliphatic heterocycles. The van der Waals surface area contributed by atoms with Crippen molar-refractivity contribution in [1.82, 2.24) is 4.90 Å². The van der Waals surface area contributed by atoms with Gasteiger partial charge in [-0.25, -0.2) is 9.59 Å². The fourth-order valence-corrected chi connectivity index (χ4v) is 2.71. The number of methoxy groups -OCH3 is 1. The van der Waals surface area contributed by atoms with Gasteiger partial charge in [-0.2, -0.15) is 0 Å². The van der Waals surface area contributed by atoms with Crippen LogP contribution in [0.5, 0.6) is 5.75 Å². The molecule has 1 N–H and O–H groups in total. The van der Waals surface area contributed by atoms with Crippen molar-refractivity contribution in [3.05, 3.63) is 29.8 Å². The zero-order valence-corrected chi connectivity index (χ0v) is 13.7. The van der Waals surface area contributed by atoms with E-state index in [1.165, 1.54) is 21.0 Å². The molecule has 0 unspecified atom stereocenters. The molecule has 1 aromatic rings. The number of piperidine rings is 1. The molecule has 6 nitrogen and oxygen atoms in total. The lowest BCUT2D eigenvalue weighted by molar-refractivity contribution is -0.152. The second-order valence-corrected chi connectivity index (χ2v) is 6.25. The molecule has 0 aliphatic carbocycles. The monoisotopic (exact) mass is 321 g/mol. The number of carboxylic acid groups (broad SMARTS) is 1. The van der Waals surface area contributed by atoms with Crippen LogP contribution < -0.4 is 4.74 Å². The average Bonchev–Trinajstić information content (AvgIpc) is 2.54. The van der Waals surface area contributed by atoms with E-state index in [1.54, 1.807) is 11.0 Å². The normalized spacial score (nSPS) is 18.4. The molecule has 1 heterocycles. The molecule has 0 bridgehead atoms. The molecule has 0 aromatic heterocycles. The van der Waals surface area contributed by atoms with E-state index in [-0.39, 0.29) is 12.0 Å². The lowest BCUT2D eigenvalue weighted by Gasteiger charge is -2.32. The van der Waals surface area contributed by atoms with E-state index in [9.17, 15) is 9.59 Å². The summed E-state index contributed by atoms with van der Waals surface area (Å²) in [6.45, 7) is 4.33. The van der Waals surface area contributed by atoms with Crippen LogP contribution in [-0.4, -0.2) is 47.9 Å².